The fraction of sp³-hybridized carbons (Fsp3) is 0.960. The fourth-order valence-corrected chi connectivity index (χ4v) is 8.73. The highest BCUT2D eigenvalue weighted by Gasteiger charge is 2.61. The third kappa shape index (κ3) is 3.15. The SMILES string of the molecule is CCOC(=O)C(C)(C)[C@H]1CC[C@H]2[C@@H]3CC[C@@H]4C[C@](C)(O)CC[C@@H]4[C@H]3CC[C@]12C. The summed E-state index contributed by atoms with van der Waals surface area (Å²) < 4.78 is 5.48. The Hall–Kier alpha value is -0.570. The second kappa shape index (κ2) is 7.00. The Kier molecular flexibility index (Phi) is 5.17. The first kappa shape index (κ1) is 20.7. The van der Waals surface area contributed by atoms with E-state index in [0.29, 0.717) is 12.5 Å². The molecule has 28 heavy (non-hydrogen) atoms. The molecule has 0 aromatic carbocycles. The van der Waals surface area contributed by atoms with Crippen molar-refractivity contribution >= 4 is 5.97 Å². The topological polar surface area (TPSA) is 46.5 Å². The van der Waals surface area contributed by atoms with E-state index in [4.69, 9.17) is 4.74 Å². The van der Waals surface area contributed by atoms with Crippen LogP contribution in [0.1, 0.15) is 92.4 Å². The van der Waals surface area contributed by atoms with Gasteiger partial charge in [0.05, 0.1) is 17.6 Å². The van der Waals surface area contributed by atoms with Crippen molar-refractivity contribution in [2.45, 2.75) is 98.0 Å². The molecule has 0 aromatic heterocycles. The zero-order valence-electron chi connectivity index (χ0n) is 18.8. The number of aliphatic hydroxyl groups is 1. The summed E-state index contributed by atoms with van der Waals surface area (Å²) in [5.74, 6) is 4.48. The van der Waals surface area contributed by atoms with Gasteiger partial charge in [-0.25, -0.2) is 0 Å². The Bertz CT molecular complexity index is 609. The summed E-state index contributed by atoms with van der Waals surface area (Å²) in [6.45, 7) is 11.2. The van der Waals surface area contributed by atoms with Gasteiger partial charge in [-0.2, -0.15) is 0 Å². The maximum atomic E-state index is 12.8. The Balaban J connectivity index is 1.53. The fourth-order valence-electron chi connectivity index (χ4n) is 8.73. The van der Waals surface area contributed by atoms with Crippen LogP contribution in [0, 0.1) is 46.3 Å². The van der Waals surface area contributed by atoms with Crippen molar-refractivity contribution in [3.8, 4) is 0 Å². The number of rotatable bonds is 3. The van der Waals surface area contributed by atoms with E-state index < -0.39 is 5.60 Å². The highest BCUT2D eigenvalue weighted by molar-refractivity contribution is 5.76. The van der Waals surface area contributed by atoms with Crippen LogP contribution in [0.4, 0.5) is 0 Å². The van der Waals surface area contributed by atoms with Crippen LogP contribution in [-0.4, -0.2) is 23.3 Å². The third-order valence-electron chi connectivity index (χ3n) is 9.91. The van der Waals surface area contributed by atoms with Crippen LogP contribution in [0.15, 0.2) is 0 Å². The molecule has 3 heteroatoms. The van der Waals surface area contributed by atoms with Gasteiger partial charge in [-0.05, 0) is 126 Å². The number of hydrogen-bond donors (Lipinski definition) is 1. The molecular formula is C25H42O3. The number of esters is 1. The van der Waals surface area contributed by atoms with E-state index in [1.165, 1.54) is 44.9 Å². The van der Waals surface area contributed by atoms with Crippen molar-refractivity contribution in [3.05, 3.63) is 0 Å². The summed E-state index contributed by atoms with van der Waals surface area (Å²) in [6.07, 6.45) is 10.9. The number of carbonyl (C=O) groups is 1. The highest BCUT2D eigenvalue weighted by Crippen LogP contribution is 2.67. The molecule has 160 valence electrons. The minimum absolute atomic E-state index is 0.00205. The number of carbonyl (C=O) groups excluding carboxylic acids is 1. The lowest BCUT2D eigenvalue weighted by Gasteiger charge is -2.58. The van der Waals surface area contributed by atoms with Crippen LogP contribution in [0.25, 0.3) is 0 Å². The number of hydrogen-bond acceptors (Lipinski definition) is 3. The monoisotopic (exact) mass is 390 g/mol. The van der Waals surface area contributed by atoms with Gasteiger partial charge in [0.25, 0.3) is 0 Å². The van der Waals surface area contributed by atoms with Gasteiger partial charge in [0.15, 0.2) is 0 Å². The molecule has 3 nitrogen and oxygen atoms in total. The van der Waals surface area contributed by atoms with E-state index in [1.807, 2.05) is 13.8 Å². The molecular weight excluding hydrogens is 348 g/mol. The minimum atomic E-state index is -0.431. The molecule has 1 N–H and O–H groups in total. The Morgan fingerprint density at radius 3 is 2.43 bits per heavy atom. The van der Waals surface area contributed by atoms with Gasteiger partial charge in [-0.15, -0.1) is 0 Å². The summed E-state index contributed by atoms with van der Waals surface area (Å²) in [5.41, 5.74) is -0.531. The summed E-state index contributed by atoms with van der Waals surface area (Å²) in [6, 6.07) is 0. The van der Waals surface area contributed by atoms with Crippen molar-refractivity contribution < 1.29 is 14.6 Å². The van der Waals surface area contributed by atoms with Gasteiger partial charge in [0.1, 0.15) is 0 Å². The molecule has 8 atom stereocenters. The molecule has 0 radical (unpaired) electrons. The predicted molar refractivity (Wildman–Crippen MR) is 112 cm³/mol. The van der Waals surface area contributed by atoms with Crippen LogP contribution in [0.3, 0.4) is 0 Å². The van der Waals surface area contributed by atoms with E-state index in [0.717, 1.165) is 42.4 Å². The first-order valence-electron chi connectivity index (χ1n) is 12.0. The van der Waals surface area contributed by atoms with Crippen molar-refractivity contribution in [3.63, 3.8) is 0 Å². The van der Waals surface area contributed by atoms with Crippen LogP contribution in [0.2, 0.25) is 0 Å². The van der Waals surface area contributed by atoms with Crippen molar-refractivity contribution in [1.82, 2.24) is 0 Å². The Morgan fingerprint density at radius 2 is 1.71 bits per heavy atom. The number of ether oxygens (including phenoxy) is 1. The van der Waals surface area contributed by atoms with E-state index in [9.17, 15) is 9.90 Å². The van der Waals surface area contributed by atoms with E-state index in [1.54, 1.807) is 0 Å². The van der Waals surface area contributed by atoms with Gasteiger partial charge in [0.2, 0.25) is 0 Å². The van der Waals surface area contributed by atoms with Crippen molar-refractivity contribution in [2.24, 2.45) is 46.3 Å². The quantitative estimate of drug-likeness (QED) is 0.638. The smallest absolute Gasteiger partial charge is 0.311 e. The molecule has 4 rings (SSSR count). The van der Waals surface area contributed by atoms with Crippen molar-refractivity contribution in [1.29, 1.82) is 0 Å². The normalized spacial score (nSPS) is 48.4. The van der Waals surface area contributed by atoms with Crippen LogP contribution >= 0.6 is 0 Å². The molecule has 0 aromatic rings. The zero-order chi connectivity index (χ0) is 20.3. The van der Waals surface area contributed by atoms with Gasteiger partial charge >= 0.3 is 5.97 Å². The third-order valence-corrected chi connectivity index (χ3v) is 9.91. The standard InChI is InChI=1S/C25H42O3/c1-6-28-22(26)23(2,3)21-10-9-20-19-8-7-16-15-24(4,27)13-11-17(16)18(19)12-14-25(20,21)5/h16-21,27H,6-15H2,1-5H3/t16-,17+,18-,19-,20+,21-,24-,25+/m1/s1. The van der Waals surface area contributed by atoms with Gasteiger partial charge in [0, 0.05) is 0 Å². The second-order valence-electron chi connectivity index (χ2n) is 11.8. The molecule has 0 amide bonds. The molecule has 0 unspecified atom stereocenters. The lowest BCUT2D eigenvalue weighted by molar-refractivity contribution is -0.162. The molecule has 4 aliphatic carbocycles. The van der Waals surface area contributed by atoms with E-state index in [-0.39, 0.29) is 16.8 Å². The van der Waals surface area contributed by atoms with Gasteiger partial charge in [-0.3, -0.25) is 4.79 Å². The molecule has 0 spiro atoms. The first-order chi connectivity index (χ1) is 13.1. The van der Waals surface area contributed by atoms with Gasteiger partial charge in [-0.1, -0.05) is 6.92 Å². The lowest BCUT2D eigenvalue weighted by Crippen LogP contribution is -2.52. The average Bonchev–Trinajstić information content (AvgIpc) is 2.98. The maximum absolute atomic E-state index is 12.8. The van der Waals surface area contributed by atoms with Crippen LogP contribution < -0.4 is 0 Å². The molecule has 4 saturated carbocycles. The molecule has 0 aliphatic heterocycles. The molecule has 4 aliphatic rings. The first-order valence-corrected chi connectivity index (χ1v) is 12.0. The summed E-state index contributed by atoms with van der Waals surface area (Å²) in [5, 5.41) is 10.6. The second-order valence-corrected chi connectivity index (χ2v) is 11.8. The molecule has 0 saturated heterocycles. The minimum Gasteiger partial charge on any atom is -0.466 e. The van der Waals surface area contributed by atoms with E-state index in [2.05, 4.69) is 20.8 Å². The van der Waals surface area contributed by atoms with Crippen LogP contribution in [-0.2, 0) is 9.53 Å². The van der Waals surface area contributed by atoms with Crippen LogP contribution in [0.5, 0.6) is 0 Å². The molecule has 0 heterocycles. The average molecular weight is 391 g/mol. The zero-order valence-corrected chi connectivity index (χ0v) is 18.8. The summed E-state index contributed by atoms with van der Waals surface area (Å²) >= 11 is 0. The predicted octanol–water partition coefficient (Wildman–Crippen LogP) is 5.60. The van der Waals surface area contributed by atoms with Gasteiger partial charge < -0.3 is 9.84 Å². The summed E-state index contributed by atoms with van der Waals surface area (Å²) in [4.78, 5) is 12.8. The Morgan fingerprint density at radius 1 is 1.00 bits per heavy atom. The molecule has 0 bridgehead atoms. The Labute approximate surface area is 172 Å². The molecule has 4 fully saturated rings. The van der Waals surface area contributed by atoms with E-state index >= 15 is 0 Å². The lowest BCUT2D eigenvalue weighted by atomic mass is 9.47. The van der Waals surface area contributed by atoms with Crippen molar-refractivity contribution in [2.75, 3.05) is 6.61 Å². The highest BCUT2D eigenvalue weighted by atomic mass is 16.5. The largest absolute Gasteiger partial charge is 0.466 e. The summed E-state index contributed by atoms with van der Waals surface area (Å²) in [7, 11) is 0. The number of fused-ring (bicyclic) bond motifs is 5. The maximum Gasteiger partial charge on any atom is 0.311 e.